The Balaban J connectivity index is 3.16. The van der Waals surface area contributed by atoms with Crippen LogP contribution >= 0.6 is 0 Å². The zero-order valence-electron chi connectivity index (χ0n) is 9.99. The van der Waals surface area contributed by atoms with Gasteiger partial charge in [0.15, 0.2) is 11.5 Å². The van der Waals surface area contributed by atoms with E-state index < -0.39 is 0 Å². The van der Waals surface area contributed by atoms with Gasteiger partial charge in [0.2, 0.25) is 5.75 Å². The first-order valence-corrected chi connectivity index (χ1v) is 5.37. The Labute approximate surface area is 96.0 Å². The highest BCUT2D eigenvalue weighted by molar-refractivity contribution is 5.53. The van der Waals surface area contributed by atoms with Crippen molar-refractivity contribution in [1.29, 1.82) is 0 Å². The molecule has 0 spiro atoms. The maximum absolute atomic E-state index is 9.80. The number of rotatable bonds is 5. The van der Waals surface area contributed by atoms with Gasteiger partial charge < -0.3 is 20.3 Å². The predicted molar refractivity (Wildman–Crippen MR) is 63.3 cm³/mol. The van der Waals surface area contributed by atoms with E-state index in [-0.39, 0.29) is 11.7 Å². The van der Waals surface area contributed by atoms with Gasteiger partial charge in [0.25, 0.3) is 0 Å². The van der Waals surface area contributed by atoms with Gasteiger partial charge in [-0.15, -0.1) is 0 Å². The van der Waals surface area contributed by atoms with E-state index in [4.69, 9.17) is 15.2 Å². The Kier molecular flexibility index (Phi) is 4.43. The van der Waals surface area contributed by atoms with E-state index in [0.29, 0.717) is 24.7 Å². The first-order chi connectivity index (χ1) is 7.63. The molecule has 0 saturated heterocycles. The SMILES string of the molecule is CCOc1cc(C(C)CN)cc(O)c1OC. The third kappa shape index (κ3) is 2.58. The fourth-order valence-electron chi connectivity index (χ4n) is 1.50. The quantitative estimate of drug-likeness (QED) is 0.802. The van der Waals surface area contributed by atoms with E-state index in [2.05, 4.69) is 0 Å². The standard InChI is InChI=1S/C12H19NO3/c1-4-16-11-6-9(8(2)7-13)5-10(14)12(11)15-3/h5-6,8,14H,4,7,13H2,1-3H3. The van der Waals surface area contributed by atoms with Gasteiger partial charge in [0.1, 0.15) is 0 Å². The topological polar surface area (TPSA) is 64.7 Å². The largest absolute Gasteiger partial charge is 0.504 e. The summed E-state index contributed by atoms with van der Waals surface area (Å²) in [6.45, 7) is 4.93. The van der Waals surface area contributed by atoms with Crippen LogP contribution in [-0.2, 0) is 0 Å². The second-order valence-electron chi connectivity index (χ2n) is 3.64. The highest BCUT2D eigenvalue weighted by atomic mass is 16.5. The van der Waals surface area contributed by atoms with Crippen LogP contribution in [0.1, 0.15) is 25.3 Å². The van der Waals surface area contributed by atoms with Gasteiger partial charge in [-0.1, -0.05) is 6.92 Å². The van der Waals surface area contributed by atoms with Crippen molar-refractivity contribution in [3.8, 4) is 17.2 Å². The monoisotopic (exact) mass is 225 g/mol. The lowest BCUT2D eigenvalue weighted by Crippen LogP contribution is -2.09. The Morgan fingerprint density at radius 3 is 2.62 bits per heavy atom. The Morgan fingerprint density at radius 1 is 1.44 bits per heavy atom. The van der Waals surface area contributed by atoms with Gasteiger partial charge in [-0.25, -0.2) is 0 Å². The maximum Gasteiger partial charge on any atom is 0.203 e. The van der Waals surface area contributed by atoms with Crippen LogP contribution in [0.3, 0.4) is 0 Å². The molecule has 1 rings (SSSR count). The summed E-state index contributed by atoms with van der Waals surface area (Å²) in [4.78, 5) is 0. The molecule has 4 nitrogen and oxygen atoms in total. The van der Waals surface area contributed by atoms with Gasteiger partial charge in [-0.3, -0.25) is 0 Å². The molecule has 0 fully saturated rings. The van der Waals surface area contributed by atoms with Crippen molar-refractivity contribution in [2.24, 2.45) is 5.73 Å². The van der Waals surface area contributed by atoms with E-state index in [1.165, 1.54) is 7.11 Å². The summed E-state index contributed by atoms with van der Waals surface area (Å²) in [6, 6.07) is 3.53. The molecule has 0 aliphatic carbocycles. The van der Waals surface area contributed by atoms with E-state index >= 15 is 0 Å². The maximum atomic E-state index is 9.80. The lowest BCUT2D eigenvalue weighted by Gasteiger charge is -2.15. The molecule has 3 N–H and O–H groups in total. The molecule has 1 unspecified atom stereocenters. The second kappa shape index (κ2) is 5.61. The van der Waals surface area contributed by atoms with E-state index in [0.717, 1.165) is 5.56 Å². The van der Waals surface area contributed by atoms with E-state index in [9.17, 15) is 5.11 Å². The Hall–Kier alpha value is -1.42. The first kappa shape index (κ1) is 12.6. The van der Waals surface area contributed by atoms with Gasteiger partial charge in [0.05, 0.1) is 13.7 Å². The molecule has 0 aromatic heterocycles. The van der Waals surface area contributed by atoms with Crippen molar-refractivity contribution < 1.29 is 14.6 Å². The van der Waals surface area contributed by atoms with Crippen LogP contribution in [0.5, 0.6) is 17.2 Å². The minimum absolute atomic E-state index is 0.0868. The second-order valence-corrected chi connectivity index (χ2v) is 3.64. The summed E-state index contributed by atoms with van der Waals surface area (Å²) >= 11 is 0. The van der Waals surface area contributed by atoms with Crippen molar-refractivity contribution in [2.75, 3.05) is 20.3 Å². The molecular formula is C12H19NO3. The van der Waals surface area contributed by atoms with Crippen molar-refractivity contribution in [1.82, 2.24) is 0 Å². The fourth-order valence-corrected chi connectivity index (χ4v) is 1.50. The molecule has 0 amide bonds. The molecule has 0 radical (unpaired) electrons. The van der Waals surface area contributed by atoms with Gasteiger partial charge >= 0.3 is 0 Å². The number of aromatic hydroxyl groups is 1. The normalized spacial score (nSPS) is 12.2. The molecule has 0 aliphatic heterocycles. The number of nitrogens with two attached hydrogens (primary N) is 1. The molecular weight excluding hydrogens is 206 g/mol. The Morgan fingerprint density at radius 2 is 2.12 bits per heavy atom. The van der Waals surface area contributed by atoms with Crippen molar-refractivity contribution in [3.63, 3.8) is 0 Å². The van der Waals surface area contributed by atoms with Crippen LogP contribution in [0.4, 0.5) is 0 Å². The molecule has 90 valence electrons. The number of ether oxygens (including phenoxy) is 2. The summed E-state index contributed by atoms with van der Waals surface area (Å²) in [5.74, 6) is 1.19. The molecule has 0 saturated carbocycles. The molecule has 1 atom stereocenters. The predicted octanol–water partition coefficient (Wildman–Crippen LogP) is 1.86. The highest BCUT2D eigenvalue weighted by Gasteiger charge is 2.14. The third-order valence-electron chi connectivity index (χ3n) is 2.48. The molecule has 4 heteroatoms. The average Bonchev–Trinajstić information content (AvgIpc) is 2.28. The van der Waals surface area contributed by atoms with Crippen LogP contribution < -0.4 is 15.2 Å². The molecule has 1 aromatic rings. The van der Waals surface area contributed by atoms with Crippen molar-refractivity contribution >= 4 is 0 Å². The van der Waals surface area contributed by atoms with Crippen LogP contribution in [0.15, 0.2) is 12.1 Å². The van der Waals surface area contributed by atoms with Gasteiger partial charge in [-0.05, 0) is 37.1 Å². The zero-order valence-corrected chi connectivity index (χ0v) is 9.99. The summed E-state index contributed by atoms with van der Waals surface area (Å²) in [6.07, 6.45) is 0. The van der Waals surface area contributed by atoms with E-state index in [1.807, 2.05) is 19.9 Å². The lowest BCUT2D eigenvalue weighted by molar-refractivity contribution is 0.299. The minimum Gasteiger partial charge on any atom is -0.504 e. The summed E-state index contributed by atoms with van der Waals surface area (Å²) < 4.78 is 10.5. The summed E-state index contributed by atoms with van der Waals surface area (Å²) in [5.41, 5.74) is 6.54. The molecule has 0 heterocycles. The van der Waals surface area contributed by atoms with Gasteiger partial charge in [0, 0.05) is 0 Å². The highest BCUT2D eigenvalue weighted by Crippen LogP contribution is 2.39. The molecule has 1 aromatic carbocycles. The number of hydrogen-bond acceptors (Lipinski definition) is 4. The van der Waals surface area contributed by atoms with Crippen LogP contribution in [0.2, 0.25) is 0 Å². The number of benzene rings is 1. The van der Waals surface area contributed by atoms with Crippen LogP contribution in [-0.4, -0.2) is 25.4 Å². The fraction of sp³-hybridized carbons (Fsp3) is 0.500. The molecule has 16 heavy (non-hydrogen) atoms. The van der Waals surface area contributed by atoms with Crippen molar-refractivity contribution in [3.05, 3.63) is 17.7 Å². The molecule has 0 bridgehead atoms. The summed E-state index contributed by atoms with van der Waals surface area (Å²) in [5, 5.41) is 9.80. The summed E-state index contributed by atoms with van der Waals surface area (Å²) in [7, 11) is 1.50. The van der Waals surface area contributed by atoms with E-state index in [1.54, 1.807) is 6.07 Å². The molecule has 0 aliphatic rings. The van der Waals surface area contributed by atoms with Gasteiger partial charge in [-0.2, -0.15) is 0 Å². The van der Waals surface area contributed by atoms with Crippen LogP contribution in [0, 0.1) is 0 Å². The smallest absolute Gasteiger partial charge is 0.203 e. The number of phenols is 1. The lowest BCUT2D eigenvalue weighted by atomic mass is 10.0. The Bertz CT molecular complexity index is 352. The number of phenolic OH excluding ortho intramolecular Hbond substituents is 1. The van der Waals surface area contributed by atoms with Crippen LogP contribution in [0.25, 0.3) is 0 Å². The zero-order chi connectivity index (χ0) is 12.1. The number of hydrogen-bond donors (Lipinski definition) is 2. The third-order valence-corrected chi connectivity index (χ3v) is 2.48. The first-order valence-electron chi connectivity index (χ1n) is 5.37. The van der Waals surface area contributed by atoms with Crippen molar-refractivity contribution in [2.45, 2.75) is 19.8 Å². The number of methoxy groups -OCH3 is 1. The minimum atomic E-state index is 0.0868. The average molecular weight is 225 g/mol.